The molecule has 4 heteroatoms. The molecule has 0 amide bonds. The van der Waals surface area contributed by atoms with Gasteiger partial charge in [0.05, 0.1) is 18.6 Å². The van der Waals surface area contributed by atoms with Crippen molar-refractivity contribution in [1.82, 2.24) is 4.90 Å². The Hall–Kier alpha value is -0.930. The number of alkyl halides is 1. The van der Waals surface area contributed by atoms with Crippen LogP contribution >= 0.6 is 11.6 Å². The number of hydrogen-bond acceptors (Lipinski definition) is 3. The lowest BCUT2D eigenvalue weighted by molar-refractivity contribution is 0.192. The summed E-state index contributed by atoms with van der Waals surface area (Å²) in [4.78, 5) is 2.47. The van der Waals surface area contributed by atoms with Crippen LogP contribution in [0.1, 0.15) is 37.1 Å². The fourth-order valence-electron chi connectivity index (χ4n) is 2.95. The summed E-state index contributed by atoms with van der Waals surface area (Å²) in [5, 5.41) is 0.00978. The van der Waals surface area contributed by atoms with Crippen molar-refractivity contribution in [2.24, 2.45) is 5.92 Å². The number of hydrogen-bond donors (Lipinski definition) is 0. The molecule has 1 aromatic carbocycles. The van der Waals surface area contributed by atoms with Gasteiger partial charge in [-0.3, -0.25) is 0 Å². The Labute approximate surface area is 132 Å². The van der Waals surface area contributed by atoms with Gasteiger partial charge in [0.25, 0.3) is 0 Å². The molecule has 0 spiro atoms. The summed E-state index contributed by atoms with van der Waals surface area (Å²) in [7, 11) is 0. The maximum absolute atomic E-state index is 6.62. The topological polar surface area (TPSA) is 21.7 Å². The first-order valence-corrected chi connectivity index (χ1v) is 8.42. The van der Waals surface area contributed by atoms with Crippen LogP contribution in [0.3, 0.4) is 0 Å². The highest BCUT2D eigenvalue weighted by Gasteiger charge is 2.20. The van der Waals surface area contributed by atoms with Crippen LogP contribution in [0.2, 0.25) is 0 Å². The van der Waals surface area contributed by atoms with Gasteiger partial charge in [-0.05, 0) is 49.5 Å². The third-order valence-electron chi connectivity index (χ3n) is 4.43. The minimum atomic E-state index is 0.00978. The van der Waals surface area contributed by atoms with Crippen LogP contribution in [-0.2, 0) is 0 Å². The number of fused-ring (bicyclic) bond motifs is 1. The second-order valence-electron chi connectivity index (χ2n) is 6.21. The van der Waals surface area contributed by atoms with Crippen molar-refractivity contribution in [2.45, 2.75) is 31.6 Å². The fourth-order valence-corrected chi connectivity index (χ4v) is 3.28. The average Bonchev–Trinajstić information content (AvgIpc) is 2.74. The van der Waals surface area contributed by atoms with Gasteiger partial charge in [0.15, 0.2) is 11.5 Å². The molecule has 0 aromatic heterocycles. The van der Waals surface area contributed by atoms with Crippen molar-refractivity contribution < 1.29 is 9.47 Å². The minimum Gasteiger partial charge on any atom is -0.490 e. The summed E-state index contributed by atoms with van der Waals surface area (Å²) in [6.45, 7) is 7.01. The maximum Gasteiger partial charge on any atom is 0.161 e. The zero-order valence-corrected chi connectivity index (χ0v) is 13.4. The molecule has 0 N–H and O–H groups in total. The Morgan fingerprint density at radius 1 is 1.19 bits per heavy atom. The highest BCUT2D eigenvalue weighted by atomic mass is 35.5. The molecule has 0 bridgehead atoms. The summed E-state index contributed by atoms with van der Waals surface area (Å²) in [5.74, 6) is 2.53. The molecule has 2 aliphatic rings. The minimum absolute atomic E-state index is 0.00978. The summed E-state index contributed by atoms with van der Waals surface area (Å²) in [6.07, 6.45) is 3.50. The molecule has 1 aromatic rings. The molecule has 1 unspecified atom stereocenters. The van der Waals surface area contributed by atoms with E-state index >= 15 is 0 Å². The van der Waals surface area contributed by atoms with E-state index in [1.165, 1.54) is 12.8 Å². The van der Waals surface area contributed by atoms with E-state index in [4.69, 9.17) is 21.1 Å². The van der Waals surface area contributed by atoms with Crippen LogP contribution in [0.4, 0.5) is 0 Å². The molecule has 0 aliphatic carbocycles. The van der Waals surface area contributed by atoms with Crippen molar-refractivity contribution >= 4 is 11.6 Å². The first-order chi connectivity index (χ1) is 10.2. The van der Waals surface area contributed by atoms with Gasteiger partial charge in [-0.2, -0.15) is 0 Å². The van der Waals surface area contributed by atoms with Crippen molar-refractivity contribution in [3.8, 4) is 11.5 Å². The molecule has 2 aliphatic heterocycles. The molecular formula is C17H24ClNO2. The predicted octanol–water partition coefficient (Wildman–Crippen LogP) is 3.86. The predicted molar refractivity (Wildman–Crippen MR) is 85.5 cm³/mol. The molecular weight excluding hydrogens is 286 g/mol. The van der Waals surface area contributed by atoms with Gasteiger partial charge in [0.2, 0.25) is 0 Å². The first-order valence-electron chi connectivity index (χ1n) is 7.98. The highest BCUT2D eigenvalue weighted by molar-refractivity contribution is 6.21. The molecule has 0 saturated carbocycles. The number of rotatable bonds is 3. The standard InChI is InChI=1S/C17H24ClNO2/c1-13-5-7-19(8-6-13)12-15(18)14-3-4-16-17(11-14)21-10-2-9-20-16/h3-4,11,13,15H,2,5-10,12H2,1H3. The molecule has 0 radical (unpaired) electrons. The third-order valence-corrected chi connectivity index (χ3v) is 4.82. The Morgan fingerprint density at radius 3 is 2.67 bits per heavy atom. The fraction of sp³-hybridized carbons (Fsp3) is 0.647. The lowest BCUT2D eigenvalue weighted by atomic mass is 9.99. The zero-order valence-electron chi connectivity index (χ0n) is 12.7. The Bertz CT molecular complexity index is 472. The van der Waals surface area contributed by atoms with Gasteiger partial charge < -0.3 is 14.4 Å². The molecule has 3 nitrogen and oxygen atoms in total. The monoisotopic (exact) mass is 309 g/mol. The van der Waals surface area contributed by atoms with E-state index in [1.54, 1.807) is 0 Å². The SMILES string of the molecule is CC1CCN(CC(Cl)c2ccc3c(c2)OCCCO3)CC1. The Morgan fingerprint density at radius 2 is 1.90 bits per heavy atom. The van der Waals surface area contributed by atoms with E-state index in [0.29, 0.717) is 6.61 Å². The molecule has 116 valence electrons. The highest BCUT2D eigenvalue weighted by Crippen LogP contribution is 2.34. The Balaban J connectivity index is 1.64. The van der Waals surface area contributed by atoms with Gasteiger partial charge in [-0.25, -0.2) is 0 Å². The van der Waals surface area contributed by atoms with Crippen molar-refractivity contribution in [2.75, 3.05) is 32.8 Å². The number of likely N-dealkylation sites (tertiary alicyclic amines) is 1. The Kier molecular flexibility index (Phi) is 4.91. The molecule has 1 atom stereocenters. The zero-order chi connectivity index (χ0) is 14.7. The molecule has 3 rings (SSSR count). The van der Waals surface area contributed by atoms with Crippen molar-refractivity contribution in [3.05, 3.63) is 23.8 Å². The second kappa shape index (κ2) is 6.89. The van der Waals surface area contributed by atoms with Crippen LogP contribution in [-0.4, -0.2) is 37.7 Å². The summed E-state index contributed by atoms with van der Waals surface area (Å²) in [6, 6.07) is 6.10. The molecule has 21 heavy (non-hydrogen) atoms. The van der Waals surface area contributed by atoms with Gasteiger partial charge in [0, 0.05) is 13.0 Å². The number of ether oxygens (including phenoxy) is 2. The van der Waals surface area contributed by atoms with E-state index in [1.807, 2.05) is 12.1 Å². The van der Waals surface area contributed by atoms with Gasteiger partial charge >= 0.3 is 0 Å². The summed E-state index contributed by atoms with van der Waals surface area (Å²) >= 11 is 6.62. The number of benzene rings is 1. The first kappa shape index (κ1) is 15.0. The third kappa shape index (κ3) is 3.83. The van der Waals surface area contributed by atoms with Gasteiger partial charge in [-0.15, -0.1) is 11.6 Å². The quantitative estimate of drug-likeness (QED) is 0.791. The number of halogens is 1. The van der Waals surface area contributed by atoms with Crippen LogP contribution in [0.15, 0.2) is 18.2 Å². The molecule has 1 saturated heterocycles. The summed E-state index contributed by atoms with van der Waals surface area (Å²) in [5.41, 5.74) is 1.12. The number of piperidine rings is 1. The van der Waals surface area contributed by atoms with Crippen LogP contribution in [0.5, 0.6) is 11.5 Å². The number of nitrogens with zero attached hydrogens (tertiary/aromatic N) is 1. The van der Waals surface area contributed by atoms with E-state index in [0.717, 1.165) is 55.6 Å². The summed E-state index contributed by atoms with van der Waals surface area (Å²) < 4.78 is 11.4. The van der Waals surface area contributed by atoms with Crippen LogP contribution < -0.4 is 9.47 Å². The van der Waals surface area contributed by atoms with E-state index in [-0.39, 0.29) is 5.38 Å². The lowest BCUT2D eigenvalue weighted by Crippen LogP contribution is -2.35. The van der Waals surface area contributed by atoms with E-state index in [9.17, 15) is 0 Å². The van der Waals surface area contributed by atoms with Crippen LogP contribution in [0, 0.1) is 5.92 Å². The normalized spacial score (nSPS) is 21.8. The molecule has 1 fully saturated rings. The second-order valence-corrected chi connectivity index (χ2v) is 6.73. The molecule has 2 heterocycles. The van der Waals surface area contributed by atoms with Crippen molar-refractivity contribution in [1.29, 1.82) is 0 Å². The largest absolute Gasteiger partial charge is 0.490 e. The lowest BCUT2D eigenvalue weighted by Gasteiger charge is -2.31. The van der Waals surface area contributed by atoms with Gasteiger partial charge in [-0.1, -0.05) is 13.0 Å². The smallest absolute Gasteiger partial charge is 0.161 e. The van der Waals surface area contributed by atoms with Gasteiger partial charge in [0.1, 0.15) is 0 Å². The van der Waals surface area contributed by atoms with Crippen LogP contribution in [0.25, 0.3) is 0 Å². The average molecular weight is 310 g/mol. The maximum atomic E-state index is 6.62. The van der Waals surface area contributed by atoms with E-state index in [2.05, 4.69) is 17.9 Å². The van der Waals surface area contributed by atoms with E-state index < -0.39 is 0 Å². The van der Waals surface area contributed by atoms with Crippen molar-refractivity contribution in [3.63, 3.8) is 0 Å².